The number of nitrogens with one attached hydrogen (secondary N) is 1. The minimum atomic E-state index is 0.172. The Morgan fingerprint density at radius 3 is 2.72 bits per heavy atom. The third-order valence-corrected chi connectivity index (χ3v) is 3.45. The van der Waals surface area contributed by atoms with E-state index in [1.807, 2.05) is 13.0 Å². The van der Waals surface area contributed by atoms with Crippen LogP contribution in [-0.2, 0) is 0 Å². The van der Waals surface area contributed by atoms with Crippen molar-refractivity contribution in [2.45, 2.75) is 33.1 Å². The van der Waals surface area contributed by atoms with Crippen molar-refractivity contribution in [1.29, 1.82) is 5.41 Å². The van der Waals surface area contributed by atoms with Crippen LogP contribution in [0.3, 0.4) is 0 Å². The molecular formula is C15H23N3. The summed E-state index contributed by atoms with van der Waals surface area (Å²) in [5.74, 6) is 1.02. The van der Waals surface area contributed by atoms with Gasteiger partial charge in [-0.3, -0.25) is 5.41 Å². The van der Waals surface area contributed by atoms with Crippen molar-refractivity contribution in [2.24, 2.45) is 11.7 Å². The Morgan fingerprint density at radius 2 is 2.17 bits per heavy atom. The predicted octanol–water partition coefficient (Wildman–Crippen LogP) is 2.91. The monoisotopic (exact) mass is 245 g/mol. The van der Waals surface area contributed by atoms with E-state index in [1.165, 1.54) is 12.8 Å². The van der Waals surface area contributed by atoms with Crippen LogP contribution in [0, 0.1) is 18.3 Å². The van der Waals surface area contributed by atoms with Gasteiger partial charge in [0.25, 0.3) is 0 Å². The van der Waals surface area contributed by atoms with Gasteiger partial charge in [0.1, 0.15) is 5.84 Å². The fraction of sp³-hybridized carbons (Fsp3) is 0.533. The van der Waals surface area contributed by atoms with Crippen LogP contribution >= 0.6 is 0 Å². The summed E-state index contributed by atoms with van der Waals surface area (Å²) >= 11 is 0. The summed E-state index contributed by atoms with van der Waals surface area (Å²) in [5, 5.41) is 7.75. The quantitative estimate of drug-likeness (QED) is 0.598. The molecule has 0 amide bonds. The molecule has 18 heavy (non-hydrogen) atoms. The molecule has 0 aromatic heterocycles. The molecular weight excluding hydrogens is 222 g/mol. The largest absolute Gasteiger partial charge is 0.384 e. The number of nitrogens with zero attached hydrogens (tertiary/aromatic N) is 1. The van der Waals surface area contributed by atoms with Crippen LogP contribution < -0.4 is 10.6 Å². The number of nitrogens with two attached hydrogens (primary N) is 1. The van der Waals surface area contributed by atoms with Gasteiger partial charge in [-0.25, -0.2) is 0 Å². The zero-order chi connectivity index (χ0) is 13.1. The molecule has 1 aliphatic rings. The standard InChI is InChI=1S/C15H23N3/c1-3-8-18(10-12-5-6-12)14-7-4-11(2)9-13(14)15(16)17/h4,7,9,12H,3,5-6,8,10H2,1-2H3,(H3,16,17). The van der Waals surface area contributed by atoms with Gasteiger partial charge in [-0.2, -0.15) is 0 Å². The van der Waals surface area contributed by atoms with Gasteiger partial charge in [0.2, 0.25) is 0 Å². The van der Waals surface area contributed by atoms with Gasteiger partial charge in [-0.1, -0.05) is 18.6 Å². The number of amidine groups is 1. The zero-order valence-corrected chi connectivity index (χ0v) is 11.4. The average molecular weight is 245 g/mol. The van der Waals surface area contributed by atoms with Crippen molar-refractivity contribution in [2.75, 3.05) is 18.0 Å². The number of hydrogen-bond donors (Lipinski definition) is 2. The molecule has 0 heterocycles. The first-order valence-corrected chi connectivity index (χ1v) is 6.81. The predicted molar refractivity (Wildman–Crippen MR) is 77.4 cm³/mol. The van der Waals surface area contributed by atoms with Gasteiger partial charge in [-0.05, 0) is 44.2 Å². The lowest BCUT2D eigenvalue weighted by atomic mass is 10.1. The van der Waals surface area contributed by atoms with Crippen LogP contribution in [0.1, 0.15) is 37.3 Å². The lowest BCUT2D eigenvalue weighted by molar-refractivity contribution is 0.707. The highest BCUT2D eigenvalue weighted by atomic mass is 15.1. The van der Waals surface area contributed by atoms with Crippen molar-refractivity contribution >= 4 is 11.5 Å². The number of benzene rings is 1. The van der Waals surface area contributed by atoms with E-state index < -0.39 is 0 Å². The highest BCUT2D eigenvalue weighted by Crippen LogP contribution is 2.32. The number of aryl methyl sites for hydroxylation is 1. The molecule has 0 aliphatic heterocycles. The van der Waals surface area contributed by atoms with Gasteiger partial charge in [0.15, 0.2) is 0 Å². The van der Waals surface area contributed by atoms with Crippen LogP contribution in [0.2, 0.25) is 0 Å². The number of anilines is 1. The highest BCUT2D eigenvalue weighted by Gasteiger charge is 2.25. The van der Waals surface area contributed by atoms with Gasteiger partial charge >= 0.3 is 0 Å². The minimum absolute atomic E-state index is 0.172. The number of hydrogen-bond acceptors (Lipinski definition) is 2. The normalized spacial score (nSPS) is 14.6. The molecule has 0 saturated heterocycles. The van der Waals surface area contributed by atoms with Crippen LogP contribution in [0.15, 0.2) is 18.2 Å². The fourth-order valence-corrected chi connectivity index (χ4v) is 2.33. The molecule has 1 fully saturated rings. The van der Waals surface area contributed by atoms with Gasteiger partial charge in [-0.15, -0.1) is 0 Å². The van der Waals surface area contributed by atoms with Gasteiger partial charge in [0.05, 0.1) is 0 Å². The molecule has 0 bridgehead atoms. The van der Waals surface area contributed by atoms with Crippen LogP contribution in [0.4, 0.5) is 5.69 Å². The maximum Gasteiger partial charge on any atom is 0.124 e. The van der Waals surface area contributed by atoms with E-state index in [9.17, 15) is 0 Å². The third-order valence-electron chi connectivity index (χ3n) is 3.45. The second kappa shape index (κ2) is 5.42. The maximum atomic E-state index is 7.75. The Morgan fingerprint density at radius 1 is 1.44 bits per heavy atom. The molecule has 0 spiro atoms. The summed E-state index contributed by atoms with van der Waals surface area (Å²) in [7, 11) is 0. The fourth-order valence-electron chi connectivity index (χ4n) is 2.33. The first-order valence-electron chi connectivity index (χ1n) is 6.81. The minimum Gasteiger partial charge on any atom is -0.384 e. The van der Waals surface area contributed by atoms with E-state index in [0.717, 1.165) is 42.2 Å². The summed E-state index contributed by atoms with van der Waals surface area (Å²) in [6.45, 7) is 6.39. The van der Waals surface area contributed by atoms with E-state index in [-0.39, 0.29) is 5.84 Å². The first-order chi connectivity index (χ1) is 8.61. The molecule has 3 heteroatoms. The summed E-state index contributed by atoms with van der Waals surface area (Å²) < 4.78 is 0. The smallest absolute Gasteiger partial charge is 0.124 e. The zero-order valence-electron chi connectivity index (χ0n) is 11.4. The van der Waals surface area contributed by atoms with Crippen molar-refractivity contribution in [3.8, 4) is 0 Å². The molecule has 1 aliphatic carbocycles. The molecule has 0 radical (unpaired) electrons. The van der Waals surface area contributed by atoms with Crippen molar-refractivity contribution in [3.05, 3.63) is 29.3 Å². The molecule has 1 aromatic carbocycles. The highest BCUT2D eigenvalue weighted by molar-refractivity contribution is 6.00. The Kier molecular flexibility index (Phi) is 3.90. The van der Waals surface area contributed by atoms with Crippen LogP contribution in [0.25, 0.3) is 0 Å². The first kappa shape index (κ1) is 12.9. The molecule has 98 valence electrons. The molecule has 0 atom stereocenters. The number of rotatable bonds is 6. The topological polar surface area (TPSA) is 53.1 Å². The summed E-state index contributed by atoms with van der Waals surface area (Å²) in [6.07, 6.45) is 3.82. The van der Waals surface area contributed by atoms with Crippen molar-refractivity contribution in [1.82, 2.24) is 0 Å². The van der Waals surface area contributed by atoms with Crippen LogP contribution in [-0.4, -0.2) is 18.9 Å². The molecule has 3 N–H and O–H groups in total. The summed E-state index contributed by atoms with van der Waals surface area (Å²) in [6, 6.07) is 6.24. The maximum absolute atomic E-state index is 7.75. The summed E-state index contributed by atoms with van der Waals surface area (Å²) in [4.78, 5) is 2.40. The van der Waals surface area contributed by atoms with E-state index in [4.69, 9.17) is 11.1 Å². The van der Waals surface area contributed by atoms with Crippen molar-refractivity contribution in [3.63, 3.8) is 0 Å². The lowest BCUT2D eigenvalue weighted by Gasteiger charge is -2.27. The Hall–Kier alpha value is -1.51. The molecule has 1 aromatic rings. The molecule has 1 saturated carbocycles. The Labute approximate surface area is 109 Å². The van der Waals surface area contributed by atoms with Crippen LogP contribution in [0.5, 0.6) is 0 Å². The van der Waals surface area contributed by atoms with E-state index in [2.05, 4.69) is 24.0 Å². The lowest BCUT2D eigenvalue weighted by Crippen LogP contribution is -2.29. The SMILES string of the molecule is CCCN(CC1CC1)c1ccc(C)cc1C(=N)N. The molecule has 0 unspecified atom stereocenters. The third kappa shape index (κ3) is 3.03. The molecule has 2 rings (SSSR count). The van der Waals surface area contributed by atoms with Gasteiger partial charge in [0, 0.05) is 24.3 Å². The molecule has 3 nitrogen and oxygen atoms in total. The average Bonchev–Trinajstić information content (AvgIpc) is 3.12. The van der Waals surface area contributed by atoms with E-state index in [0.29, 0.717) is 0 Å². The van der Waals surface area contributed by atoms with Gasteiger partial charge < -0.3 is 10.6 Å². The summed E-state index contributed by atoms with van der Waals surface area (Å²) in [5.41, 5.74) is 8.89. The second-order valence-electron chi connectivity index (χ2n) is 5.32. The number of nitrogen functional groups attached to an aromatic ring is 1. The Balaban J connectivity index is 2.29. The van der Waals surface area contributed by atoms with E-state index >= 15 is 0 Å². The second-order valence-corrected chi connectivity index (χ2v) is 5.32. The Bertz CT molecular complexity index is 435. The van der Waals surface area contributed by atoms with Crippen molar-refractivity contribution < 1.29 is 0 Å². The van der Waals surface area contributed by atoms with E-state index in [1.54, 1.807) is 0 Å².